The first-order valence-electron chi connectivity index (χ1n) is 9.09. The Balaban J connectivity index is 1.57. The minimum atomic E-state index is -0.0201. The lowest BCUT2D eigenvalue weighted by Crippen LogP contribution is -2.32. The summed E-state index contributed by atoms with van der Waals surface area (Å²) in [5.41, 5.74) is 2.27. The maximum atomic E-state index is 12.6. The van der Waals surface area contributed by atoms with E-state index >= 15 is 0 Å². The fourth-order valence-corrected chi connectivity index (χ4v) is 3.22. The van der Waals surface area contributed by atoms with Crippen molar-refractivity contribution in [2.24, 2.45) is 5.92 Å². The lowest BCUT2D eigenvalue weighted by molar-refractivity contribution is 0.0753. The van der Waals surface area contributed by atoms with Crippen LogP contribution in [0.25, 0.3) is 0 Å². The number of likely N-dealkylation sites (tertiary alicyclic amines) is 1. The van der Waals surface area contributed by atoms with Crippen LogP contribution in [0.5, 0.6) is 0 Å². The zero-order valence-corrected chi connectivity index (χ0v) is 15.7. The van der Waals surface area contributed by atoms with E-state index in [9.17, 15) is 4.79 Å². The number of amides is 1. The third-order valence-electron chi connectivity index (χ3n) is 4.78. The smallest absolute Gasteiger partial charge is 0.274 e. The third kappa shape index (κ3) is 4.53. The minimum Gasteiger partial charge on any atom is -0.361 e. The second kappa shape index (κ2) is 8.21. The van der Waals surface area contributed by atoms with Gasteiger partial charge in [0.2, 0.25) is 0 Å². The first kappa shape index (κ1) is 18.2. The van der Waals surface area contributed by atoms with Crippen LogP contribution in [0.3, 0.4) is 0 Å². The van der Waals surface area contributed by atoms with Crippen molar-refractivity contribution < 1.29 is 4.79 Å². The average Bonchev–Trinajstić information content (AvgIpc) is 2.88. The highest BCUT2D eigenvalue weighted by molar-refractivity contribution is 5.92. The Morgan fingerprint density at radius 3 is 2.58 bits per heavy atom. The molecule has 1 saturated heterocycles. The molecule has 0 N–H and O–H groups in total. The molecule has 2 aromatic rings. The highest BCUT2D eigenvalue weighted by Gasteiger charge is 2.23. The van der Waals surface area contributed by atoms with Gasteiger partial charge in [0, 0.05) is 33.4 Å². The van der Waals surface area contributed by atoms with Crippen molar-refractivity contribution in [2.45, 2.75) is 32.6 Å². The van der Waals surface area contributed by atoms with Gasteiger partial charge in [0.25, 0.3) is 5.91 Å². The van der Waals surface area contributed by atoms with Gasteiger partial charge in [0.05, 0.1) is 30.0 Å². The van der Waals surface area contributed by atoms with Crippen LogP contribution in [0.15, 0.2) is 24.8 Å². The van der Waals surface area contributed by atoms with Gasteiger partial charge in [-0.1, -0.05) is 0 Å². The number of rotatable bonds is 4. The first-order valence-corrected chi connectivity index (χ1v) is 9.09. The van der Waals surface area contributed by atoms with Crippen molar-refractivity contribution in [3.63, 3.8) is 0 Å². The maximum absolute atomic E-state index is 12.6. The topological polar surface area (TPSA) is 75.1 Å². The van der Waals surface area contributed by atoms with Gasteiger partial charge in [-0.25, -0.2) is 9.97 Å². The van der Waals surface area contributed by atoms with E-state index in [4.69, 9.17) is 0 Å². The second-order valence-electron chi connectivity index (χ2n) is 7.10. The first-order chi connectivity index (χ1) is 12.5. The highest BCUT2D eigenvalue weighted by atomic mass is 16.2. The Morgan fingerprint density at radius 2 is 1.92 bits per heavy atom. The fourth-order valence-electron chi connectivity index (χ4n) is 3.22. The zero-order valence-electron chi connectivity index (χ0n) is 15.7. The number of anilines is 1. The molecule has 0 saturated carbocycles. The molecule has 1 aliphatic heterocycles. The molecule has 1 atom stereocenters. The number of aromatic nitrogens is 4. The zero-order chi connectivity index (χ0) is 18.5. The Hall–Kier alpha value is -2.57. The van der Waals surface area contributed by atoms with Gasteiger partial charge < -0.3 is 9.80 Å². The van der Waals surface area contributed by atoms with Gasteiger partial charge >= 0.3 is 0 Å². The summed E-state index contributed by atoms with van der Waals surface area (Å²) in [7, 11) is 3.91. The SMILES string of the molecule is Cc1cnc(C(=O)N2CCCC(Cc3cnc(N(C)C)cn3)CC2)cn1. The summed E-state index contributed by atoms with van der Waals surface area (Å²) in [4.78, 5) is 33.8. The number of carbonyl (C=O) groups excluding carboxylic acids is 1. The Morgan fingerprint density at radius 1 is 1.08 bits per heavy atom. The number of carbonyl (C=O) groups is 1. The predicted octanol–water partition coefficient (Wildman–Crippen LogP) is 2.13. The summed E-state index contributed by atoms with van der Waals surface area (Å²) in [6.07, 6.45) is 10.9. The van der Waals surface area contributed by atoms with Gasteiger partial charge in [-0.2, -0.15) is 0 Å². The molecule has 1 unspecified atom stereocenters. The third-order valence-corrected chi connectivity index (χ3v) is 4.78. The van der Waals surface area contributed by atoms with E-state index in [-0.39, 0.29) is 5.91 Å². The van der Waals surface area contributed by atoms with Crippen LogP contribution in [0.1, 0.15) is 41.1 Å². The second-order valence-corrected chi connectivity index (χ2v) is 7.10. The molecule has 1 fully saturated rings. The normalized spacial score (nSPS) is 17.7. The van der Waals surface area contributed by atoms with Crippen molar-refractivity contribution in [2.75, 3.05) is 32.1 Å². The van der Waals surface area contributed by atoms with Crippen molar-refractivity contribution in [3.8, 4) is 0 Å². The molecule has 1 amide bonds. The van der Waals surface area contributed by atoms with E-state index in [0.29, 0.717) is 11.6 Å². The van der Waals surface area contributed by atoms with Crippen LogP contribution < -0.4 is 4.90 Å². The molecule has 2 aromatic heterocycles. The Kier molecular flexibility index (Phi) is 5.75. The maximum Gasteiger partial charge on any atom is 0.274 e. The van der Waals surface area contributed by atoms with Gasteiger partial charge in [0.15, 0.2) is 0 Å². The van der Waals surface area contributed by atoms with Crippen LogP contribution in [-0.2, 0) is 6.42 Å². The molecule has 0 bridgehead atoms. The van der Waals surface area contributed by atoms with E-state index in [0.717, 1.165) is 56.0 Å². The number of hydrogen-bond acceptors (Lipinski definition) is 6. The van der Waals surface area contributed by atoms with Crippen LogP contribution in [-0.4, -0.2) is 57.9 Å². The molecular weight excluding hydrogens is 328 g/mol. The largest absolute Gasteiger partial charge is 0.361 e. The molecule has 0 radical (unpaired) electrons. The molecule has 0 aromatic carbocycles. The van der Waals surface area contributed by atoms with Gasteiger partial charge in [0.1, 0.15) is 11.5 Å². The van der Waals surface area contributed by atoms with Crippen molar-refractivity contribution in [1.29, 1.82) is 0 Å². The van der Waals surface area contributed by atoms with Crippen LogP contribution in [0.4, 0.5) is 5.82 Å². The van der Waals surface area contributed by atoms with E-state index in [1.54, 1.807) is 12.4 Å². The molecule has 7 heteroatoms. The number of nitrogens with zero attached hydrogens (tertiary/aromatic N) is 6. The molecule has 0 spiro atoms. The summed E-state index contributed by atoms with van der Waals surface area (Å²) in [6.45, 7) is 3.39. The highest BCUT2D eigenvalue weighted by Crippen LogP contribution is 2.22. The lowest BCUT2D eigenvalue weighted by Gasteiger charge is -2.20. The van der Waals surface area contributed by atoms with Crippen LogP contribution >= 0.6 is 0 Å². The summed E-state index contributed by atoms with van der Waals surface area (Å²) in [5, 5.41) is 0. The average molecular weight is 354 g/mol. The summed E-state index contributed by atoms with van der Waals surface area (Å²) in [6, 6.07) is 0. The predicted molar refractivity (Wildman–Crippen MR) is 100 cm³/mol. The van der Waals surface area contributed by atoms with E-state index < -0.39 is 0 Å². The molecule has 3 rings (SSSR count). The van der Waals surface area contributed by atoms with Gasteiger partial charge in [-0.05, 0) is 38.5 Å². The van der Waals surface area contributed by atoms with E-state index in [1.165, 1.54) is 0 Å². The Bertz CT molecular complexity index is 729. The summed E-state index contributed by atoms with van der Waals surface area (Å²) < 4.78 is 0. The van der Waals surface area contributed by atoms with Crippen LogP contribution in [0.2, 0.25) is 0 Å². The van der Waals surface area contributed by atoms with Crippen molar-refractivity contribution in [1.82, 2.24) is 24.8 Å². The minimum absolute atomic E-state index is 0.0201. The number of aryl methyl sites for hydroxylation is 1. The molecule has 3 heterocycles. The molecule has 26 heavy (non-hydrogen) atoms. The monoisotopic (exact) mass is 354 g/mol. The quantitative estimate of drug-likeness (QED) is 0.837. The molecule has 0 aliphatic carbocycles. The lowest BCUT2D eigenvalue weighted by atomic mass is 9.95. The van der Waals surface area contributed by atoms with Gasteiger partial charge in [-0.15, -0.1) is 0 Å². The summed E-state index contributed by atoms with van der Waals surface area (Å²) >= 11 is 0. The van der Waals surface area contributed by atoms with E-state index in [2.05, 4.69) is 19.9 Å². The van der Waals surface area contributed by atoms with Gasteiger partial charge in [-0.3, -0.25) is 14.8 Å². The van der Waals surface area contributed by atoms with Crippen molar-refractivity contribution >= 4 is 11.7 Å². The molecule has 1 aliphatic rings. The standard InChI is InChI=1S/C19H26N6O/c1-14-10-22-17(12-20-14)19(26)25-7-4-5-15(6-8-25)9-16-11-23-18(13-21-16)24(2)3/h10-13,15H,4-9H2,1-3H3. The fraction of sp³-hybridized carbons (Fsp3) is 0.526. The summed E-state index contributed by atoms with van der Waals surface area (Å²) in [5.74, 6) is 1.37. The molecule has 138 valence electrons. The number of hydrogen-bond donors (Lipinski definition) is 0. The van der Waals surface area contributed by atoms with Crippen molar-refractivity contribution in [3.05, 3.63) is 41.9 Å². The Labute approximate surface area is 154 Å². The van der Waals surface area contributed by atoms with Crippen LogP contribution in [0, 0.1) is 12.8 Å². The van der Waals surface area contributed by atoms with E-state index in [1.807, 2.05) is 43.2 Å². The molecule has 7 nitrogen and oxygen atoms in total. The molecular formula is C19H26N6O.